The van der Waals surface area contributed by atoms with Gasteiger partial charge in [-0.25, -0.2) is 0 Å². The largest absolute Gasteiger partial charge is 0.367 e. The fraction of sp³-hybridized carbons (Fsp3) is 0.778. The van der Waals surface area contributed by atoms with Crippen molar-refractivity contribution in [3.63, 3.8) is 0 Å². The lowest BCUT2D eigenvalue weighted by Crippen LogP contribution is -2.41. The lowest BCUT2D eigenvalue weighted by Gasteiger charge is -2.33. The fourth-order valence-electron chi connectivity index (χ4n) is 1.31. The summed E-state index contributed by atoms with van der Waals surface area (Å²) in [4.78, 5) is 11.8. The first-order valence-corrected chi connectivity index (χ1v) is 5.68. The van der Waals surface area contributed by atoms with Crippen molar-refractivity contribution in [2.24, 2.45) is 0 Å². The van der Waals surface area contributed by atoms with Crippen molar-refractivity contribution in [1.82, 2.24) is 9.57 Å². The first-order chi connectivity index (χ1) is 7.09. The zero-order valence-electron chi connectivity index (χ0n) is 9.64. The predicted octanol–water partition coefficient (Wildman–Crippen LogP) is 1.56. The lowest BCUT2D eigenvalue weighted by atomic mass is 10.3. The summed E-state index contributed by atoms with van der Waals surface area (Å²) < 4.78 is 2.13. The molecule has 1 heterocycles. The molecule has 0 aromatic heterocycles. The van der Waals surface area contributed by atoms with Crippen LogP contribution in [0.4, 0.5) is 0 Å². The average Bonchev–Trinajstić information content (AvgIpc) is 2.20. The van der Waals surface area contributed by atoms with Gasteiger partial charge in [0.05, 0.1) is 10.6 Å². The van der Waals surface area contributed by atoms with Gasteiger partial charge in [-0.05, 0) is 6.92 Å². The monoisotopic (exact) mass is 233 g/mol. The molecule has 1 aliphatic rings. The van der Waals surface area contributed by atoms with Gasteiger partial charge in [-0.3, -0.25) is 14.8 Å². The Morgan fingerprint density at radius 2 is 1.80 bits per heavy atom. The van der Waals surface area contributed by atoms with Crippen molar-refractivity contribution in [1.29, 1.82) is 0 Å². The second-order valence-corrected chi connectivity index (χ2v) is 3.81. The highest BCUT2D eigenvalue weighted by molar-refractivity contribution is 7.13. The standard InChI is InChI=1S/C7H14N3O2P.C2H6/c1-7(6-10(11)12)8-2-4-9(13)5-3-8;1-2/h6H,2-5,13H2,1H3;1-2H3/b7-6-;. The van der Waals surface area contributed by atoms with Gasteiger partial charge in [0.15, 0.2) is 0 Å². The van der Waals surface area contributed by atoms with E-state index in [0.717, 1.165) is 38.1 Å². The quantitative estimate of drug-likeness (QED) is 0.412. The second-order valence-electron chi connectivity index (χ2n) is 3.08. The van der Waals surface area contributed by atoms with Crippen molar-refractivity contribution in [3.05, 3.63) is 22.0 Å². The van der Waals surface area contributed by atoms with Crippen LogP contribution in [0, 0.1) is 10.1 Å². The van der Waals surface area contributed by atoms with Gasteiger partial charge >= 0.3 is 0 Å². The molecule has 0 bridgehead atoms. The number of allylic oxidation sites excluding steroid dienone is 1. The SMILES string of the molecule is C/C(=C/[N+](=O)[O-])N1CCN(P)CC1.CC. The van der Waals surface area contributed by atoms with Crippen LogP contribution in [-0.4, -0.2) is 40.7 Å². The summed E-state index contributed by atoms with van der Waals surface area (Å²) in [6.07, 6.45) is 1.07. The molecule has 6 heteroatoms. The number of hydrogen-bond donors (Lipinski definition) is 0. The molecule has 0 amide bonds. The van der Waals surface area contributed by atoms with Crippen LogP contribution in [0.5, 0.6) is 0 Å². The van der Waals surface area contributed by atoms with Crippen LogP contribution in [0.25, 0.3) is 0 Å². The van der Waals surface area contributed by atoms with Crippen molar-refractivity contribution in [2.45, 2.75) is 20.8 Å². The summed E-state index contributed by atoms with van der Waals surface area (Å²) >= 11 is 0. The molecule has 5 nitrogen and oxygen atoms in total. The van der Waals surface area contributed by atoms with Gasteiger partial charge in [-0.1, -0.05) is 23.2 Å². The van der Waals surface area contributed by atoms with Crippen LogP contribution >= 0.6 is 9.39 Å². The van der Waals surface area contributed by atoms with Crippen LogP contribution in [0.2, 0.25) is 0 Å². The minimum Gasteiger partial charge on any atom is -0.367 e. The molecule has 1 unspecified atom stereocenters. The van der Waals surface area contributed by atoms with Gasteiger partial charge < -0.3 is 4.90 Å². The molecule has 0 radical (unpaired) electrons. The molecule has 0 aromatic rings. The molecule has 1 atom stereocenters. The van der Waals surface area contributed by atoms with Crippen LogP contribution < -0.4 is 0 Å². The highest BCUT2D eigenvalue weighted by atomic mass is 31.0. The molecule has 0 aliphatic carbocycles. The number of hydrogen-bond acceptors (Lipinski definition) is 4. The fourth-order valence-corrected chi connectivity index (χ4v) is 1.54. The maximum absolute atomic E-state index is 10.2. The van der Waals surface area contributed by atoms with Crippen molar-refractivity contribution in [3.8, 4) is 0 Å². The van der Waals surface area contributed by atoms with E-state index in [1.165, 1.54) is 0 Å². The van der Waals surface area contributed by atoms with Crippen LogP contribution in [0.3, 0.4) is 0 Å². The summed E-state index contributed by atoms with van der Waals surface area (Å²) in [5.41, 5.74) is 0.739. The molecule has 15 heavy (non-hydrogen) atoms. The summed E-state index contributed by atoms with van der Waals surface area (Å²) in [7, 11) is 2.64. The third-order valence-electron chi connectivity index (χ3n) is 2.11. The Hall–Kier alpha value is -0.670. The highest BCUT2D eigenvalue weighted by Crippen LogP contribution is 2.11. The smallest absolute Gasteiger partial charge is 0.253 e. The van der Waals surface area contributed by atoms with E-state index in [-0.39, 0.29) is 0 Å². The summed E-state index contributed by atoms with van der Waals surface area (Å²) in [5, 5.41) is 10.2. The molecule has 1 aliphatic heterocycles. The van der Waals surface area contributed by atoms with Crippen LogP contribution in [0.15, 0.2) is 11.9 Å². The van der Waals surface area contributed by atoms with E-state index >= 15 is 0 Å². The first-order valence-electron chi connectivity index (χ1n) is 5.16. The van der Waals surface area contributed by atoms with E-state index in [0.29, 0.717) is 0 Å². The van der Waals surface area contributed by atoms with E-state index < -0.39 is 4.92 Å². The third-order valence-corrected chi connectivity index (χ3v) is 2.62. The summed E-state index contributed by atoms with van der Waals surface area (Å²) in [6, 6.07) is 0. The highest BCUT2D eigenvalue weighted by Gasteiger charge is 2.15. The van der Waals surface area contributed by atoms with E-state index in [2.05, 4.69) is 14.1 Å². The molecular weight excluding hydrogens is 213 g/mol. The zero-order chi connectivity index (χ0) is 11.8. The Kier molecular flexibility index (Phi) is 7.26. The Morgan fingerprint density at radius 3 is 2.20 bits per heavy atom. The number of rotatable bonds is 2. The molecule has 0 spiro atoms. The minimum atomic E-state index is -0.400. The lowest BCUT2D eigenvalue weighted by molar-refractivity contribution is -0.404. The van der Waals surface area contributed by atoms with E-state index in [9.17, 15) is 10.1 Å². The maximum Gasteiger partial charge on any atom is 0.253 e. The number of nitrogens with zero attached hydrogens (tertiary/aromatic N) is 3. The van der Waals surface area contributed by atoms with Gasteiger partial charge in [-0.2, -0.15) is 0 Å². The second kappa shape index (κ2) is 7.60. The molecule has 88 valence electrons. The summed E-state index contributed by atoms with van der Waals surface area (Å²) in [6.45, 7) is 9.38. The zero-order valence-corrected chi connectivity index (χ0v) is 10.8. The normalized spacial score (nSPS) is 18.1. The van der Waals surface area contributed by atoms with Gasteiger partial charge in [0.1, 0.15) is 0 Å². The minimum absolute atomic E-state index is 0.400. The molecular formula is C9H20N3O2P. The Bertz CT molecular complexity index is 225. The van der Waals surface area contributed by atoms with E-state index in [1.807, 2.05) is 18.7 Å². The average molecular weight is 233 g/mol. The van der Waals surface area contributed by atoms with Crippen LogP contribution in [0.1, 0.15) is 20.8 Å². The van der Waals surface area contributed by atoms with Crippen LogP contribution in [-0.2, 0) is 0 Å². The van der Waals surface area contributed by atoms with E-state index in [1.54, 1.807) is 6.92 Å². The van der Waals surface area contributed by atoms with Crippen molar-refractivity contribution < 1.29 is 4.92 Å². The Morgan fingerprint density at radius 1 is 1.33 bits per heavy atom. The third kappa shape index (κ3) is 5.70. The molecule has 0 N–H and O–H groups in total. The van der Waals surface area contributed by atoms with Gasteiger partial charge in [0.2, 0.25) is 0 Å². The molecule has 1 rings (SSSR count). The summed E-state index contributed by atoms with van der Waals surface area (Å²) in [5.74, 6) is 0. The Labute approximate surface area is 93.5 Å². The van der Waals surface area contributed by atoms with Crippen molar-refractivity contribution in [2.75, 3.05) is 26.2 Å². The topological polar surface area (TPSA) is 49.6 Å². The van der Waals surface area contributed by atoms with Gasteiger partial charge in [0, 0.05) is 26.2 Å². The van der Waals surface area contributed by atoms with Gasteiger partial charge in [0.25, 0.3) is 6.20 Å². The maximum atomic E-state index is 10.2. The molecule has 0 aromatic carbocycles. The molecule has 1 saturated heterocycles. The van der Waals surface area contributed by atoms with Crippen molar-refractivity contribution >= 4 is 9.39 Å². The first kappa shape index (κ1) is 14.3. The Balaban J connectivity index is 0.000000921. The van der Waals surface area contributed by atoms with Gasteiger partial charge in [-0.15, -0.1) is 0 Å². The number of nitro groups is 1. The predicted molar refractivity (Wildman–Crippen MR) is 65.0 cm³/mol. The van der Waals surface area contributed by atoms with E-state index in [4.69, 9.17) is 0 Å². The number of piperazine rings is 1. The molecule has 0 saturated carbocycles. The molecule has 1 fully saturated rings.